The van der Waals surface area contributed by atoms with Gasteiger partial charge >= 0.3 is 0 Å². The summed E-state index contributed by atoms with van der Waals surface area (Å²) in [5.74, 6) is 1.51. The summed E-state index contributed by atoms with van der Waals surface area (Å²) in [5.41, 5.74) is 1.17. The first-order valence-electron chi connectivity index (χ1n) is 10.1. The van der Waals surface area contributed by atoms with Crippen LogP contribution in [-0.4, -0.2) is 52.5 Å². The SMILES string of the molecule is CN1CC2(CCN(C(=O)c3cccs3)CC2)CC1c1noc(-c2ccccc2)n1. The van der Waals surface area contributed by atoms with E-state index in [4.69, 9.17) is 4.52 Å². The molecule has 0 radical (unpaired) electrons. The molecule has 1 aromatic carbocycles. The molecule has 2 aliphatic heterocycles. The van der Waals surface area contributed by atoms with Crippen molar-refractivity contribution in [3.05, 3.63) is 58.5 Å². The van der Waals surface area contributed by atoms with Crippen LogP contribution in [0.3, 0.4) is 0 Å². The van der Waals surface area contributed by atoms with E-state index in [-0.39, 0.29) is 17.4 Å². The average molecular weight is 409 g/mol. The topological polar surface area (TPSA) is 62.5 Å². The summed E-state index contributed by atoms with van der Waals surface area (Å²) in [7, 11) is 2.14. The Balaban J connectivity index is 1.27. The number of piperidine rings is 1. The highest BCUT2D eigenvalue weighted by atomic mass is 32.1. The van der Waals surface area contributed by atoms with Gasteiger partial charge < -0.3 is 9.42 Å². The number of carbonyl (C=O) groups excluding carboxylic acids is 1. The second-order valence-electron chi connectivity index (χ2n) is 8.23. The van der Waals surface area contributed by atoms with E-state index in [1.807, 2.05) is 52.7 Å². The van der Waals surface area contributed by atoms with Crippen LogP contribution >= 0.6 is 11.3 Å². The van der Waals surface area contributed by atoms with E-state index in [2.05, 4.69) is 22.1 Å². The van der Waals surface area contributed by atoms with Crippen molar-refractivity contribution in [3.8, 4) is 11.5 Å². The number of hydrogen-bond donors (Lipinski definition) is 0. The number of nitrogens with zero attached hydrogens (tertiary/aromatic N) is 4. The van der Waals surface area contributed by atoms with Crippen molar-refractivity contribution in [1.82, 2.24) is 19.9 Å². The monoisotopic (exact) mass is 408 g/mol. The van der Waals surface area contributed by atoms with E-state index in [1.54, 1.807) is 0 Å². The van der Waals surface area contributed by atoms with Gasteiger partial charge in [-0.05, 0) is 55.3 Å². The number of aromatic nitrogens is 2. The molecule has 2 aromatic heterocycles. The van der Waals surface area contributed by atoms with Crippen molar-refractivity contribution in [2.75, 3.05) is 26.7 Å². The highest BCUT2D eigenvalue weighted by molar-refractivity contribution is 7.12. The fourth-order valence-corrected chi connectivity index (χ4v) is 5.42. The van der Waals surface area contributed by atoms with E-state index < -0.39 is 0 Å². The second kappa shape index (κ2) is 7.39. The molecule has 7 heteroatoms. The minimum atomic E-state index is 0.163. The molecule has 2 saturated heterocycles. The molecule has 0 N–H and O–H groups in total. The summed E-state index contributed by atoms with van der Waals surface area (Å²) in [6.07, 6.45) is 3.06. The van der Waals surface area contributed by atoms with Crippen molar-refractivity contribution in [3.63, 3.8) is 0 Å². The molecule has 0 bridgehead atoms. The summed E-state index contributed by atoms with van der Waals surface area (Å²) >= 11 is 1.52. The summed E-state index contributed by atoms with van der Waals surface area (Å²) in [6.45, 7) is 2.64. The lowest BCUT2D eigenvalue weighted by atomic mass is 9.76. The maximum absolute atomic E-state index is 12.6. The Kier molecular flexibility index (Phi) is 4.72. The number of carbonyl (C=O) groups is 1. The van der Waals surface area contributed by atoms with Gasteiger partial charge in [-0.25, -0.2) is 0 Å². The Bertz CT molecular complexity index is 977. The summed E-state index contributed by atoms with van der Waals surface area (Å²) < 4.78 is 5.54. The first kappa shape index (κ1) is 18.5. The molecule has 3 aromatic rings. The number of thiophene rings is 1. The van der Waals surface area contributed by atoms with Crippen molar-refractivity contribution >= 4 is 17.2 Å². The fourth-order valence-electron chi connectivity index (χ4n) is 4.73. The van der Waals surface area contributed by atoms with Gasteiger partial charge in [0.25, 0.3) is 11.8 Å². The normalized spacial score (nSPS) is 21.7. The molecule has 0 saturated carbocycles. The van der Waals surface area contributed by atoms with Crippen molar-refractivity contribution in [1.29, 1.82) is 0 Å². The minimum absolute atomic E-state index is 0.163. The number of benzene rings is 1. The fraction of sp³-hybridized carbons (Fsp3) is 0.409. The maximum Gasteiger partial charge on any atom is 0.263 e. The molecule has 2 aliphatic rings. The molecule has 0 aliphatic carbocycles. The van der Waals surface area contributed by atoms with Crippen LogP contribution in [-0.2, 0) is 0 Å². The summed E-state index contributed by atoms with van der Waals surface area (Å²) in [4.78, 5) is 22.5. The van der Waals surface area contributed by atoms with Gasteiger partial charge in [0.2, 0.25) is 0 Å². The lowest BCUT2D eigenvalue weighted by Crippen LogP contribution is -2.43. The molecule has 1 amide bonds. The predicted octanol–water partition coefficient (Wildman–Crippen LogP) is 4.10. The quantitative estimate of drug-likeness (QED) is 0.653. The first-order valence-corrected chi connectivity index (χ1v) is 10.9. The third kappa shape index (κ3) is 3.49. The van der Waals surface area contributed by atoms with Crippen LogP contribution in [0.1, 0.15) is 40.8 Å². The molecular weight excluding hydrogens is 384 g/mol. The number of likely N-dealkylation sites (tertiary alicyclic amines) is 2. The Morgan fingerprint density at radius 3 is 2.69 bits per heavy atom. The zero-order valence-corrected chi connectivity index (χ0v) is 17.3. The smallest absolute Gasteiger partial charge is 0.263 e. The van der Waals surface area contributed by atoms with E-state index in [1.165, 1.54) is 11.3 Å². The van der Waals surface area contributed by atoms with Crippen molar-refractivity contribution < 1.29 is 9.32 Å². The van der Waals surface area contributed by atoms with Crippen LogP contribution in [0.15, 0.2) is 52.4 Å². The molecule has 2 fully saturated rings. The van der Waals surface area contributed by atoms with Crippen LogP contribution < -0.4 is 0 Å². The third-order valence-electron chi connectivity index (χ3n) is 6.35. The molecular formula is C22H24N4O2S. The summed E-state index contributed by atoms with van der Waals surface area (Å²) in [5, 5.41) is 6.25. The molecule has 6 nitrogen and oxygen atoms in total. The molecule has 4 heterocycles. The van der Waals surface area contributed by atoms with Gasteiger partial charge in [-0.3, -0.25) is 9.69 Å². The van der Waals surface area contributed by atoms with Gasteiger partial charge in [-0.1, -0.05) is 29.4 Å². The second-order valence-corrected chi connectivity index (χ2v) is 9.18. The van der Waals surface area contributed by atoms with Crippen molar-refractivity contribution in [2.24, 2.45) is 5.41 Å². The Morgan fingerprint density at radius 1 is 1.17 bits per heavy atom. The molecule has 150 valence electrons. The van der Waals surface area contributed by atoms with Gasteiger partial charge in [0.15, 0.2) is 5.82 Å². The van der Waals surface area contributed by atoms with E-state index >= 15 is 0 Å². The van der Waals surface area contributed by atoms with Gasteiger partial charge in [0.1, 0.15) is 0 Å². The number of rotatable bonds is 3. The summed E-state index contributed by atoms with van der Waals surface area (Å²) in [6, 6.07) is 13.9. The first-order chi connectivity index (χ1) is 14.1. The zero-order chi connectivity index (χ0) is 19.8. The van der Waals surface area contributed by atoms with Crippen molar-refractivity contribution in [2.45, 2.75) is 25.3 Å². The van der Waals surface area contributed by atoms with E-state index in [9.17, 15) is 4.79 Å². The molecule has 1 atom stereocenters. The van der Waals surface area contributed by atoms with Gasteiger partial charge in [-0.15, -0.1) is 11.3 Å². The van der Waals surface area contributed by atoms with Gasteiger partial charge in [-0.2, -0.15) is 4.98 Å². The third-order valence-corrected chi connectivity index (χ3v) is 7.20. The standard InChI is InChI=1S/C22H24N4O2S/c1-25-15-22(9-11-26(12-10-22)21(27)18-8-5-13-29-18)14-17(25)19-23-20(28-24-19)16-6-3-2-4-7-16/h2-8,13,17H,9-12,14-15H2,1H3. The number of amides is 1. The average Bonchev–Trinajstić information content (AvgIpc) is 3.50. The highest BCUT2D eigenvalue weighted by Crippen LogP contribution is 2.48. The highest BCUT2D eigenvalue weighted by Gasteiger charge is 2.46. The van der Waals surface area contributed by atoms with E-state index in [0.717, 1.165) is 55.2 Å². The maximum atomic E-state index is 12.6. The van der Waals surface area contributed by atoms with Gasteiger partial charge in [0, 0.05) is 25.2 Å². The van der Waals surface area contributed by atoms with Gasteiger partial charge in [0.05, 0.1) is 10.9 Å². The Hall–Kier alpha value is -2.51. The van der Waals surface area contributed by atoms with Crippen LogP contribution in [0, 0.1) is 5.41 Å². The largest absolute Gasteiger partial charge is 0.338 e. The van der Waals surface area contributed by atoms with E-state index in [0.29, 0.717) is 5.89 Å². The Morgan fingerprint density at radius 2 is 1.97 bits per heavy atom. The minimum Gasteiger partial charge on any atom is -0.338 e. The predicted molar refractivity (Wildman–Crippen MR) is 112 cm³/mol. The lowest BCUT2D eigenvalue weighted by molar-refractivity contribution is 0.0598. The number of hydrogen-bond acceptors (Lipinski definition) is 6. The lowest BCUT2D eigenvalue weighted by Gasteiger charge is -2.39. The molecule has 29 heavy (non-hydrogen) atoms. The van der Waals surface area contributed by atoms with Crippen LogP contribution in [0.2, 0.25) is 0 Å². The zero-order valence-electron chi connectivity index (χ0n) is 16.5. The molecule has 1 spiro atoms. The van der Waals surface area contributed by atoms with Crippen LogP contribution in [0.5, 0.6) is 0 Å². The molecule has 1 unspecified atom stereocenters. The van der Waals surface area contributed by atoms with Crippen LogP contribution in [0.4, 0.5) is 0 Å². The Labute approximate surface area is 174 Å². The van der Waals surface area contributed by atoms with Crippen LogP contribution in [0.25, 0.3) is 11.5 Å². The molecule has 5 rings (SSSR count).